The van der Waals surface area contributed by atoms with Crippen molar-refractivity contribution in [3.05, 3.63) is 10.6 Å². The molecule has 1 aromatic rings. The Hall–Kier alpha value is -1.67. The smallest absolute Gasteiger partial charge is 0.326 e. The molecule has 0 aliphatic heterocycles. The third-order valence-electron chi connectivity index (χ3n) is 1.56. The lowest BCUT2D eigenvalue weighted by molar-refractivity contribution is -0.144. The second-order valence-electron chi connectivity index (χ2n) is 2.83. The van der Waals surface area contributed by atoms with Crippen molar-refractivity contribution >= 4 is 41.1 Å². The van der Waals surface area contributed by atoms with Crippen LogP contribution in [0.5, 0.6) is 0 Å². The molecule has 0 saturated heterocycles. The van der Waals surface area contributed by atoms with E-state index in [9.17, 15) is 9.59 Å². The Bertz CT molecular complexity index is 435. The van der Waals surface area contributed by atoms with E-state index in [0.29, 0.717) is 0 Å². The van der Waals surface area contributed by atoms with Crippen molar-refractivity contribution in [3.8, 4) is 0 Å². The number of anilines is 1. The summed E-state index contributed by atoms with van der Waals surface area (Å²) in [6, 6.07) is -1.39. The highest BCUT2D eigenvalue weighted by Crippen LogP contribution is 2.11. The van der Waals surface area contributed by atoms with Gasteiger partial charge in [0.15, 0.2) is 0 Å². The molecule has 1 aromatic heterocycles. The zero-order valence-electron chi connectivity index (χ0n) is 8.09. The number of aliphatic carboxylic acids is 2. The molecule has 1 atom stereocenters. The molecular weight excluding hydrogens is 275 g/mol. The number of nitrogens with one attached hydrogen (secondary N) is 1. The van der Waals surface area contributed by atoms with Crippen molar-refractivity contribution in [1.29, 1.82) is 0 Å². The number of aromatic nitrogens is 3. The van der Waals surface area contributed by atoms with Gasteiger partial charge in [-0.05, 0) is 23.2 Å². The third kappa shape index (κ3) is 4.37. The third-order valence-corrected chi connectivity index (χ3v) is 1.90. The SMILES string of the molecule is O=C(O)C[C@H](Nc1nc(Cl)nc(Cl)n1)C(=O)O. The average molecular weight is 281 g/mol. The minimum Gasteiger partial charge on any atom is -0.481 e. The van der Waals surface area contributed by atoms with Crippen LogP contribution in [0.1, 0.15) is 6.42 Å². The van der Waals surface area contributed by atoms with E-state index < -0.39 is 24.4 Å². The van der Waals surface area contributed by atoms with Gasteiger partial charge in [-0.15, -0.1) is 0 Å². The molecule has 3 N–H and O–H groups in total. The van der Waals surface area contributed by atoms with Crippen LogP contribution in [0, 0.1) is 0 Å². The Kier molecular flexibility index (Phi) is 4.41. The molecule has 0 radical (unpaired) electrons. The summed E-state index contributed by atoms with van der Waals surface area (Å²) in [5.41, 5.74) is 0. The van der Waals surface area contributed by atoms with Gasteiger partial charge >= 0.3 is 11.9 Å². The lowest BCUT2D eigenvalue weighted by atomic mass is 10.2. The van der Waals surface area contributed by atoms with Gasteiger partial charge in [0.1, 0.15) is 6.04 Å². The van der Waals surface area contributed by atoms with Crippen LogP contribution < -0.4 is 5.32 Å². The van der Waals surface area contributed by atoms with Crippen LogP contribution in [0.15, 0.2) is 0 Å². The topological polar surface area (TPSA) is 125 Å². The molecule has 0 bridgehead atoms. The number of carboxylic acid groups (broad SMARTS) is 2. The van der Waals surface area contributed by atoms with Crippen molar-refractivity contribution in [2.24, 2.45) is 0 Å². The first kappa shape index (κ1) is 13.4. The van der Waals surface area contributed by atoms with Crippen LogP contribution in [-0.4, -0.2) is 43.1 Å². The van der Waals surface area contributed by atoms with Crippen molar-refractivity contribution in [2.45, 2.75) is 12.5 Å². The maximum absolute atomic E-state index is 10.7. The maximum atomic E-state index is 10.7. The van der Waals surface area contributed by atoms with Gasteiger partial charge in [0.05, 0.1) is 6.42 Å². The van der Waals surface area contributed by atoms with E-state index in [0.717, 1.165) is 0 Å². The second-order valence-corrected chi connectivity index (χ2v) is 3.51. The lowest BCUT2D eigenvalue weighted by Crippen LogP contribution is -2.32. The van der Waals surface area contributed by atoms with Gasteiger partial charge in [-0.25, -0.2) is 4.79 Å². The molecule has 0 unspecified atom stereocenters. The summed E-state index contributed by atoms with van der Waals surface area (Å²) in [7, 11) is 0. The average Bonchev–Trinajstić information content (AvgIpc) is 2.13. The van der Waals surface area contributed by atoms with Crippen molar-refractivity contribution in [2.75, 3.05) is 5.32 Å². The Morgan fingerprint density at radius 1 is 1.18 bits per heavy atom. The second kappa shape index (κ2) is 5.60. The van der Waals surface area contributed by atoms with E-state index in [1.807, 2.05) is 0 Å². The molecule has 0 aliphatic carbocycles. The number of hydrogen-bond acceptors (Lipinski definition) is 6. The molecule has 17 heavy (non-hydrogen) atoms. The summed E-state index contributed by atoms with van der Waals surface area (Å²) in [6.45, 7) is 0. The first-order valence-corrected chi connectivity index (χ1v) is 4.92. The Labute approximate surface area is 105 Å². The van der Waals surface area contributed by atoms with E-state index in [4.69, 9.17) is 33.4 Å². The lowest BCUT2D eigenvalue weighted by Gasteiger charge is -2.11. The van der Waals surface area contributed by atoms with Crippen LogP contribution in [0.3, 0.4) is 0 Å². The van der Waals surface area contributed by atoms with E-state index >= 15 is 0 Å². The van der Waals surface area contributed by atoms with Crippen molar-refractivity contribution in [1.82, 2.24) is 15.0 Å². The number of carbonyl (C=O) groups is 2. The molecule has 0 saturated carbocycles. The summed E-state index contributed by atoms with van der Waals surface area (Å²) in [5, 5.41) is 19.1. The fourth-order valence-corrected chi connectivity index (χ4v) is 1.28. The Morgan fingerprint density at radius 3 is 2.12 bits per heavy atom. The van der Waals surface area contributed by atoms with Gasteiger partial charge in [-0.1, -0.05) is 0 Å². The fourth-order valence-electron chi connectivity index (χ4n) is 0.921. The molecule has 0 fully saturated rings. The number of nitrogens with zero attached hydrogens (tertiary/aromatic N) is 3. The monoisotopic (exact) mass is 280 g/mol. The van der Waals surface area contributed by atoms with Gasteiger partial charge in [-0.3, -0.25) is 4.79 Å². The molecule has 92 valence electrons. The zero-order chi connectivity index (χ0) is 13.0. The van der Waals surface area contributed by atoms with Crippen LogP contribution in [0.2, 0.25) is 10.6 Å². The van der Waals surface area contributed by atoms with Gasteiger partial charge in [0.2, 0.25) is 16.5 Å². The fraction of sp³-hybridized carbons (Fsp3) is 0.286. The number of halogens is 2. The quantitative estimate of drug-likeness (QED) is 0.713. The largest absolute Gasteiger partial charge is 0.481 e. The number of carboxylic acids is 2. The molecule has 1 heterocycles. The minimum atomic E-state index is -1.39. The highest BCUT2D eigenvalue weighted by Gasteiger charge is 2.22. The first-order valence-electron chi connectivity index (χ1n) is 4.16. The molecule has 0 amide bonds. The van der Waals surface area contributed by atoms with Crippen molar-refractivity contribution in [3.63, 3.8) is 0 Å². The summed E-state index contributed by atoms with van der Waals surface area (Å²) < 4.78 is 0. The predicted octanol–water partition coefficient (Wildman–Crippen LogP) is 0.518. The molecular formula is C7H6Cl2N4O4. The van der Waals surface area contributed by atoms with E-state index in [2.05, 4.69) is 20.3 Å². The van der Waals surface area contributed by atoms with Crippen LogP contribution in [-0.2, 0) is 9.59 Å². The summed E-state index contributed by atoms with van der Waals surface area (Å²) in [6.07, 6.45) is -0.643. The zero-order valence-corrected chi connectivity index (χ0v) is 9.60. The van der Waals surface area contributed by atoms with E-state index in [-0.39, 0.29) is 16.5 Å². The highest BCUT2D eigenvalue weighted by molar-refractivity contribution is 6.31. The minimum absolute atomic E-state index is 0.205. The Morgan fingerprint density at radius 2 is 1.71 bits per heavy atom. The maximum Gasteiger partial charge on any atom is 0.326 e. The predicted molar refractivity (Wildman–Crippen MR) is 57.1 cm³/mol. The molecule has 0 aromatic carbocycles. The summed E-state index contributed by atoms with van der Waals surface area (Å²) >= 11 is 10.9. The van der Waals surface area contributed by atoms with Gasteiger partial charge in [0, 0.05) is 0 Å². The van der Waals surface area contributed by atoms with Gasteiger partial charge < -0.3 is 15.5 Å². The van der Waals surface area contributed by atoms with E-state index in [1.54, 1.807) is 0 Å². The summed E-state index contributed by atoms with van der Waals surface area (Å²) in [4.78, 5) is 31.7. The summed E-state index contributed by atoms with van der Waals surface area (Å²) in [5.74, 6) is -2.85. The number of rotatable bonds is 5. The van der Waals surface area contributed by atoms with Gasteiger partial charge in [0.25, 0.3) is 0 Å². The molecule has 1 rings (SSSR count). The van der Waals surface area contributed by atoms with Gasteiger partial charge in [-0.2, -0.15) is 15.0 Å². The molecule has 0 aliphatic rings. The first-order chi connectivity index (χ1) is 7.88. The highest BCUT2D eigenvalue weighted by atomic mass is 35.5. The molecule has 0 spiro atoms. The van der Waals surface area contributed by atoms with Crippen LogP contribution >= 0.6 is 23.2 Å². The molecule has 10 heteroatoms. The van der Waals surface area contributed by atoms with Crippen LogP contribution in [0.25, 0.3) is 0 Å². The number of hydrogen-bond donors (Lipinski definition) is 3. The van der Waals surface area contributed by atoms with Crippen molar-refractivity contribution < 1.29 is 19.8 Å². The standard InChI is InChI=1S/C7H6Cl2N4O4/c8-5-11-6(9)13-7(12-5)10-2(4(16)17)1-3(14)15/h2H,1H2,(H,14,15)(H,16,17)(H,10,11,12,13)/t2-/m0/s1. The van der Waals surface area contributed by atoms with Crippen LogP contribution in [0.4, 0.5) is 5.95 Å². The molecule has 8 nitrogen and oxygen atoms in total. The Balaban J connectivity index is 2.85. The van der Waals surface area contributed by atoms with E-state index in [1.165, 1.54) is 0 Å². The normalized spacial score (nSPS) is 11.9.